The summed E-state index contributed by atoms with van der Waals surface area (Å²) in [6.07, 6.45) is 1.79. The third-order valence-corrected chi connectivity index (χ3v) is 3.97. The Morgan fingerprint density at radius 2 is 1.85 bits per heavy atom. The van der Waals surface area contributed by atoms with E-state index in [9.17, 15) is 4.79 Å². The lowest BCUT2D eigenvalue weighted by Crippen LogP contribution is -2.14. The Morgan fingerprint density at radius 1 is 1.20 bits per heavy atom. The number of benzene rings is 1. The second kappa shape index (κ2) is 6.72. The molecule has 0 atom stereocenters. The van der Waals surface area contributed by atoms with Crippen molar-refractivity contribution in [2.24, 2.45) is 0 Å². The number of hydrogen-bond donors (Lipinski definition) is 1. The van der Waals surface area contributed by atoms with Gasteiger partial charge in [-0.25, -0.2) is 0 Å². The van der Waals surface area contributed by atoms with Crippen molar-refractivity contribution in [3.05, 3.63) is 58.0 Å². The van der Waals surface area contributed by atoms with Crippen LogP contribution in [0.5, 0.6) is 0 Å². The molecule has 2 rings (SSSR count). The van der Waals surface area contributed by atoms with Crippen LogP contribution in [-0.2, 0) is 12.4 Å². The van der Waals surface area contributed by atoms with Crippen molar-refractivity contribution >= 4 is 11.8 Å². The lowest BCUT2D eigenvalue weighted by atomic mass is 10.2. The highest BCUT2D eigenvalue weighted by Crippen LogP contribution is 2.22. The predicted molar refractivity (Wildman–Crippen MR) is 80.8 cm³/mol. The van der Waals surface area contributed by atoms with Gasteiger partial charge in [0.05, 0.1) is 6.61 Å². The summed E-state index contributed by atoms with van der Waals surface area (Å²) in [6, 6.07) is 9.54. The molecule has 0 bridgehead atoms. The van der Waals surface area contributed by atoms with Crippen molar-refractivity contribution in [1.82, 2.24) is 9.55 Å². The molecule has 1 N–H and O–H groups in total. The highest BCUT2D eigenvalue weighted by molar-refractivity contribution is 7.98. The zero-order valence-electron chi connectivity index (χ0n) is 11.6. The number of aliphatic hydroxyl groups excluding tert-OH is 1. The van der Waals surface area contributed by atoms with Crippen molar-refractivity contribution in [1.29, 1.82) is 0 Å². The summed E-state index contributed by atoms with van der Waals surface area (Å²) in [6.45, 7) is 4.18. The lowest BCUT2D eigenvalue weighted by molar-refractivity contribution is 0.282. The zero-order valence-corrected chi connectivity index (χ0v) is 12.4. The van der Waals surface area contributed by atoms with Gasteiger partial charge in [0.2, 0.25) is 0 Å². The average Bonchev–Trinajstić information content (AvgIpc) is 2.45. The Bertz CT molecular complexity index is 621. The van der Waals surface area contributed by atoms with Gasteiger partial charge in [-0.2, -0.15) is 4.98 Å². The topological polar surface area (TPSA) is 55.1 Å². The van der Waals surface area contributed by atoms with Crippen LogP contribution in [0.3, 0.4) is 0 Å². The maximum atomic E-state index is 11.4. The van der Waals surface area contributed by atoms with Crippen LogP contribution < -0.4 is 5.56 Å². The molecule has 0 aliphatic carbocycles. The minimum absolute atomic E-state index is 0.0561. The number of aliphatic hydroxyl groups is 1. The fraction of sp³-hybridized carbons (Fsp3) is 0.333. The first kappa shape index (κ1) is 14.8. The Hall–Kier alpha value is -1.59. The first-order chi connectivity index (χ1) is 9.60. The van der Waals surface area contributed by atoms with Crippen LogP contribution in [0.2, 0.25) is 0 Å². The van der Waals surface area contributed by atoms with Gasteiger partial charge in [0, 0.05) is 24.1 Å². The highest BCUT2D eigenvalue weighted by Gasteiger charge is 2.07. The third kappa shape index (κ3) is 3.71. The second-order valence-corrected chi connectivity index (χ2v) is 5.76. The summed E-state index contributed by atoms with van der Waals surface area (Å²) in [4.78, 5) is 15.5. The number of hydrogen-bond acceptors (Lipinski definition) is 4. The van der Waals surface area contributed by atoms with E-state index < -0.39 is 0 Å². The molecule has 5 heteroatoms. The van der Waals surface area contributed by atoms with Crippen molar-refractivity contribution in [2.75, 3.05) is 0 Å². The van der Waals surface area contributed by atoms with Gasteiger partial charge >= 0.3 is 0 Å². The molecular formula is C15H18N2O2S. The fourth-order valence-electron chi connectivity index (χ4n) is 1.79. The van der Waals surface area contributed by atoms with Gasteiger partial charge < -0.3 is 9.67 Å². The van der Waals surface area contributed by atoms with Crippen LogP contribution >= 0.6 is 11.8 Å². The van der Waals surface area contributed by atoms with Crippen LogP contribution in [0.15, 0.2) is 46.5 Å². The van der Waals surface area contributed by atoms with Crippen molar-refractivity contribution in [3.63, 3.8) is 0 Å². The van der Waals surface area contributed by atoms with E-state index in [0.29, 0.717) is 0 Å². The molecule has 0 saturated carbocycles. The molecule has 20 heavy (non-hydrogen) atoms. The SMILES string of the molecule is CC(C)n1ccc(=O)nc1SCc1ccc(CO)cc1. The van der Waals surface area contributed by atoms with Gasteiger partial charge in [-0.1, -0.05) is 36.0 Å². The molecule has 0 spiro atoms. The smallest absolute Gasteiger partial charge is 0.273 e. The van der Waals surface area contributed by atoms with Crippen LogP contribution in [0.25, 0.3) is 0 Å². The fourth-order valence-corrected chi connectivity index (χ4v) is 2.85. The molecule has 0 radical (unpaired) electrons. The van der Waals surface area contributed by atoms with Gasteiger partial charge in [0.25, 0.3) is 5.56 Å². The van der Waals surface area contributed by atoms with E-state index in [1.807, 2.05) is 28.8 Å². The standard InChI is InChI=1S/C15H18N2O2S/c1-11(2)17-8-7-14(19)16-15(17)20-10-13-5-3-12(9-18)4-6-13/h3-8,11,18H,9-10H2,1-2H3. The monoisotopic (exact) mass is 290 g/mol. The van der Waals surface area contributed by atoms with E-state index >= 15 is 0 Å². The lowest BCUT2D eigenvalue weighted by Gasteiger charge is -2.14. The molecule has 0 unspecified atom stereocenters. The minimum atomic E-state index is -0.208. The molecule has 106 valence electrons. The van der Waals surface area contributed by atoms with Crippen LogP contribution in [-0.4, -0.2) is 14.7 Å². The van der Waals surface area contributed by atoms with E-state index in [0.717, 1.165) is 22.0 Å². The highest BCUT2D eigenvalue weighted by atomic mass is 32.2. The van der Waals surface area contributed by atoms with Gasteiger partial charge in [-0.15, -0.1) is 0 Å². The van der Waals surface area contributed by atoms with Crippen LogP contribution in [0.4, 0.5) is 0 Å². The molecule has 0 fully saturated rings. The molecule has 2 aromatic rings. The van der Waals surface area contributed by atoms with E-state index in [4.69, 9.17) is 5.11 Å². The van der Waals surface area contributed by atoms with Crippen LogP contribution in [0.1, 0.15) is 31.0 Å². The molecule has 0 saturated heterocycles. The summed E-state index contributed by atoms with van der Waals surface area (Å²) in [5.74, 6) is 0.745. The van der Waals surface area contributed by atoms with E-state index in [1.165, 1.54) is 6.07 Å². The first-order valence-corrected chi connectivity index (χ1v) is 7.49. The minimum Gasteiger partial charge on any atom is -0.392 e. The van der Waals surface area contributed by atoms with Crippen molar-refractivity contribution in [2.45, 2.75) is 37.4 Å². The summed E-state index contributed by atoms with van der Waals surface area (Å²) in [5, 5.41) is 9.75. The average molecular weight is 290 g/mol. The maximum Gasteiger partial charge on any atom is 0.273 e. The zero-order chi connectivity index (χ0) is 14.5. The van der Waals surface area contributed by atoms with Crippen LogP contribution in [0, 0.1) is 0 Å². The molecule has 1 aromatic heterocycles. The number of thioether (sulfide) groups is 1. The summed E-state index contributed by atoms with van der Waals surface area (Å²) in [7, 11) is 0. The normalized spacial score (nSPS) is 11.0. The Morgan fingerprint density at radius 3 is 2.45 bits per heavy atom. The molecule has 1 heterocycles. The summed E-state index contributed by atoms with van der Waals surface area (Å²) < 4.78 is 1.99. The maximum absolute atomic E-state index is 11.4. The Balaban J connectivity index is 2.13. The molecule has 0 amide bonds. The quantitative estimate of drug-likeness (QED) is 0.679. The Labute approximate surface area is 122 Å². The largest absolute Gasteiger partial charge is 0.392 e. The molecule has 4 nitrogen and oxygen atoms in total. The van der Waals surface area contributed by atoms with Gasteiger partial charge in [-0.3, -0.25) is 4.79 Å². The summed E-state index contributed by atoms with van der Waals surface area (Å²) >= 11 is 1.55. The predicted octanol–water partition coefficient (Wildman–Crippen LogP) is 2.61. The molecule has 0 aliphatic heterocycles. The van der Waals surface area contributed by atoms with E-state index in [1.54, 1.807) is 18.0 Å². The number of aromatic nitrogens is 2. The Kier molecular flexibility index (Phi) is 4.98. The molecule has 1 aromatic carbocycles. The van der Waals surface area contributed by atoms with E-state index in [-0.39, 0.29) is 18.2 Å². The second-order valence-electron chi connectivity index (χ2n) is 4.81. The van der Waals surface area contributed by atoms with Crippen molar-refractivity contribution in [3.8, 4) is 0 Å². The summed E-state index contributed by atoms with van der Waals surface area (Å²) in [5.41, 5.74) is 1.83. The third-order valence-electron chi connectivity index (χ3n) is 2.93. The van der Waals surface area contributed by atoms with Gasteiger partial charge in [-0.05, 0) is 25.0 Å². The van der Waals surface area contributed by atoms with E-state index in [2.05, 4.69) is 18.8 Å². The molecule has 0 aliphatic rings. The van der Waals surface area contributed by atoms with Gasteiger partial charge in [0.1, 0.15) is 0 Å². The van der Waals surface area contributed by atoms with Crippen molar-refractivity contribution < 1.29 is 5.11 Å². The van der Waals surface area contributed by atoms with Gasteiger partial charge in [0.15, 0.2) is 5.16 Å². The number of nitrogens with zero attached hydrogens (tertiary/aromatic N) is 2. The number of rotatable bonds is 5. The first-order valence-electron chi connectivity index (χ1n) is 6.51. The molecular weight excluding hydrogens is 272 g/mol.